The molecule has 6 heteroatoms. The Kier molecular flexibility index (Phi) is 3.06. The number of nitrogen functional groups attached to an aromatic ring is 1. The van der Waals surface area contributed by atoms with E-state index in [9.17, 15) is 4.79 Å². The minimum absolute atomic E-state index is 0.0619. The Balaban J connectivity index is 1.97. The lowest BCUT2D eigenvalue weighted by atomic mass is 10.2. The van der Waals surface area contributed by atoms with E-state index in [1.807, 2.05) is 0 Å². The van der Waals surface area contributed by atoms with Gasteiger partial charge in [0.2, 0.25) is 0 Å². The molecule has 0 bridgehead atoms. The number of hydrogen-bond donors (Lipinski definition) is 1. The minimum atomic E-state index is -0.0619. The van der Waals surface area contributed by atoms with Gasteiger partial charge >= 0.3 is 5.69 Å². The summed E-state index contributed by atoms with van der Waals surface area (Å²) in [6, 6.07) is 5.27. The van der Waals surface area contributed by atoms with Gasteiger partial charge in [0, 0.05) is 23.7 Å². The van der Waals surface area contributed by atoms with E-state index in [2.05, 4.69) is 5.10 Å². The quantitative estimate of drug-likeness (QED) is 0.850. The van der Waals surface area contributed by atoms with Crippen molar-refractivity contribution in [3.05, 3.63) is 45.1 Å². The molecule has 0 atom stereocenters. The molecule has 1 aliphatic rings. The monoisotopic (exact) mass is 278 g/mol. The summed E-state index contributed by atoms with van der Waals surface area (Å²) in [4.78, 5) is 12.2. The van der Waals surface area contributed by atoms with Gasteiger partial charge in [-0.15, -0.1) is 0 Å². The van der Waals surface area contributed by atoms with Gasteiger partial charge in [0.05, 0.1) is 6.54 Å². The number of nitrogens with zero attached hydrogens (tertiary/aromatic N) is 3. The highest BCUT2D eigenvalue weighted by Crippen LogP contribution is 2.19. The van der Waals surface area contributed by atoms with Crippen molar-refractivity contribution in [2.24, 2.45) is 0 Å². The van der Waals surface area contributed by atoms with Crippen LogP contribution in [0.15, 0.2) is 23.0 Å². The fourth-order valence-corrected chi connectivity index (χ4v) is 2.61. The molecule has 0 spiro atoms. The molecule has 5 nitrogen and oxygen atoms in total. The molecule has 0 fully saturated rings. The lowest BCUT2D eigenvalue weighted by Crippen LogP contribution is -2.27. The number of aromatic nitrogens is 3. The molecule has 0 unspecified atom stereocenters. The predicted molar refractivity (Wildman–Crippen MR) is 74.4 cm³/mol. The molecule has 2 heterocycles. The molecule has 100 valence electrons. The second-order valence-corrected chi connectivity index (χ2v) is 5.22. The number of rotatable bonds is 2. The molecule has 0 saturated heterocycles. The molecular formula is C13H15ClN4O. The van der Waals surface area contributed by atoms with Crippen molar-refractivity contribution in [1.29, 1.82) is 0 Å². The van der Waals surface area contributed by atoms with Crippen molar-refractivity contribution in [2.75, 3.05) is 5.73 Å². The Morgan fingerprint density at radius 1 is 1.37 bits per heavy atom. The first-order chi connectivity index (χ1) is 9.15. The van der Waals surface area contributed by atoms with Crippen LogP contribution >= 0.6 is 11.6 Å². The summed E-state index contributed by atoms with van der Waals surface area (Å²) in [5.74, 6) is 0.872. The zero-order chi connectivity index (χ0) is 13.4. The predicted octanol–water partition coefficient (Wildman–Crippen LogP) is 1.67. The van der Waals surface area contributed by atoms with Crippen LogP contribution in [0.2, 0.25) is 5.02 Å². The van der Waals surface area contributed by atoms with Crippen LogP contribution in [0.3, 0.4) is 0 Å². The molecule has 2 N–H and O–H groups in total. The van der Waals surface area contributed by atoms with Crippen molar-refractivity contribution < 1.29 is 0 Å². The van der Waals surface area contributed by atoms with Crippen molar-refractivity contribution in [2.45, 2.75) is 32.4 Å². The minimum Gasteiger partial charge on any atom is -0.399 e. The van der Waals surface area contributed by atoms with E-state index in [-0.39, 0.29) is 5.69 Å². The van der Waals surface area contributed by atoms with Crippen molar-refractivity contribution in [3.8, 4) is 0 Å². The summed E-state index contributed by atoms with van der Waals surface area (Å²) >= 11 is 6.12. The van der Waals surface area contributed by atoms with Gasteiger partial charge in [-0.1, -0.05) is 11.6 Å². The third-order valence-corrected chi connectivity index (χ3v) is 3.79. The lowest BCUT2D eigenvalue weighted by Gasteiger charge is -2.09. The standard InChI is InChI=1S/C13H15ClN4O/c14-11-5-4-10(15)7-9(11)8-18-13(19)17-6-2-1-3-12(17)16-18/h4-5,7H,1-3,6,8,15H2. The molecule has 0 radical (unpaired) electrons. The average Bonchev–Trinajstić information content (AvgIpc) is 2.72. The van der Waals surface area contributed by atoms with Crippen LogP contribution < -0.4 is 11.4 Å². The van der Waals surface area contributed by atoms with Crippen LogP contribution in [0.1, 0.15) is 24.2 Å². The summed E-state index contributed by atoms with van der Waals surface area (Å²) in [7, 11) is 0. The van der Waals surface area contributed by atoms with Crippen LogP contribution in [-0.4, -0.2) is 14.3 Å². The van der Waals surface area contributed by atoms with Crippen molar-refractivity contribution in [1.82, 2.24) is 14.3 Å². The van der Waals surface area contributed by atoms with Crippen LogP contribution in [-0.2, 0) is 19.5 Å². The largest absolute Gasteiger partial charge is 0.399 e. The Morgan fingerprint density at radius 2 is 2.21 bits per heavy atom. The Hall–Kier alpha value is -1.75. The fraction of sp³-hybridized carbons (Fsp3) is 0.385. The second kappa shape index (κ2) is 4.74. The maximum Gasteiger partial charge on any atom is 0.346 e. The SMILES string of the molecule is Nc1ccc(Cl)c(Cn2nc3n(c2=O)CCCC3)c1. The highest BCUT2D eigenvalue weighted by atomic mass is 35.5. The summed E-state index contributed by atoms with van der Waals surface area (Å²) in [5, 5.41) is 4.99. The molecule has 0 amide bonds. The molecule has 0 aliphatic carbocycles. The number of aryl methyl sites for hydroxylation is 1. The van der Waals surface area contributed by atoms with Crippen LogP contribution in [0.5, 0.6) is 0 Å². The first kappa shape index (κ1) is 12.3. The van der Waals surface area contributed by atoms with Gasteiger partial charge in [0.15, 0.2) is 0 Å². The van der Waals surface area contributed by atoms with E-state index in [0.29, 0.717) is 17.3 Å². The first-order valence-electron chi connectivity index (χ1n) is 6.35. The van der Waals surface area contributed by atoms with Crippen LogP contribution in [0, 0.1) is 0 Å². The van der Waals surface area contributed by atoms with Gasteiger partial charge < -0.3 is 5.73 Å². The van der Waals surface area contributed by atoms with Crippen LogP contribution in [0.25, 0.3) is 0 Å². The smallest absolute Gasteiger partial charge is 0.346 e. The maximum absolute atomic E-state index is 12.2. The molecule has 1 aliphatic heterocycles. The molecule has 2 aromatic rings. The average molecular weight is 279 g/mol. The van der Waals surface area contributed by atoms with Gasteiger partial charge in [-0.3, -0.25) is 4.57 Å². The van der Waals surface area contributed by atoms with Gasteiger partial charge in [0.1, 0.15) is 5.82 Å². The number of benzene rings is 1. The zero-order valence-corrected chi connectivity index (χ0v) is 11.2. The molecule has 3 rings (SSSR count). The number of hydrogen-bond acceptors (Lipinski definition) is 3. The summed E-state index contributed by atoms with van der Waals surface area (Å²) in [6.07, 6.45) is 3.00. The number of fused-ring (bicyclic) bond motifs is 1. The summed E-state index contributed by atoms with van der Waals surface area (Å²) in [6.45, 7) is 1.13. The highest BCUT2D eigenvalue weighted by Gasteiger charge is 2.17. The fourth-order valence-electron chi connectivity index (χ4n) is 2.43. The normalized spacial score (nSPS) is 14.4. The van der Waals surface area contributed by atoms with E-state index in [1.54, 1.807) is 22.8 Å². The third kappa shape index (κ3) is 2.26. The Bertz CT molecular complexity index is 674. The lowest BCUT2D eigenvalue weighted by molar-refractivity contribution is 0.511. The molecular weight excluding hydrogens is 264 g/mol. The summed E-state index contributed by atoms with van der Waals surface area (Å²) < 4.78 is 3.23. The van der Waals surface area contributed by atoms with Crippen molar-refractivity contribution in [3.63, 3.8) is 0 Å². The van der Waals surface area contributed by atoms with Gasteiger partial charge in [-0.05, 0) is 36.6 Å². The zero-order valence-electron chi connectivity index (χ0n) is 10.5. The van der Waals surface area contributed by atoms with E-state index in [4.69, 9.17) is 17.3 Å². The topological polar surface area (TPSA) is 65.8 Å². The van der Waals surface area contributed by atoms with E-state index >= 15 is 0 Å². The molecule has 1 aromatic carbocycles. The van der Waals surface area contributed by atoms with Crippen molar-refractivity contribution >= 4 is 17.3 Å². The second-order valence-electron chi connectivity index (χ2n) is 4.82. The number of halogens is 1. The van der Waals surface area contributed by atoms with E-state index < -0.39 is 0 Å². The first-order valence-corrected chi connectivity index (χ1v) is 6.73. The highest BCUT2D eigenvalue weighted by molar-refractivity contribution is 6.31. The Morgan fingerprint density at radius 3 is 3.00 bits per heavy atom. The number of nitrogens with two attached hydrogens (primary N) is 1. The van der Waals surface area contributed by atoms with E-state index in [0.717, 1.165) is 37.2 Å². The van der Waals surface area contributed by atoms with E-state index in [1.165, 1.54) is 4.68 Å². The molecule has 0 saturated carbocycles. The molecule has 1 aromatic heterocycles. The van der Waals surface area contributed by atoms with Crippen LogP contribution in [0.4, 0.5) is 5.69 Å². The van der Waals surface area contributed by atoms with Gasteiger partial charge in [0.25, 0.3) is 0 Å². The molecule has 19 heavy (non-hydrogen) atoms. The third-order valence-electron chi connectivity index (χ3n) is 3.42. The van der Waals surface area contributed by atoms with Gasteiger partial charge in [-0.2, -0.15) is 5.10 Å². The number of anilines is 1. The summed E-state index contributed by atoms with van der Waals surface area (Å²) in [5.41, 5.74) is 7.14. The maximum atomic E-state index is 12.2. The van der Waals surface area contributed by atoms with Gasteiger partial charge in [-0.25, -0.2) is 9.48 Å². The Labute approximate surface area is 115 Å².